The lowest BCUT2D eigenvalue weighted by atomic mass is 10.1. The van der Waals surface area contributed by atoms with Crippen molar-refractivity contribution in [3.8, 4) is 0 Å². The average Bonchev–Trinajstić information content (AvgIpc) is 2.43. The topological polar surface area (TPSA) is 68.7 Å². The number of piperazine rings is 1. The van der Waals surface area contributed by atoms with Gasteiger partial charge < -0.3 is 15.3 Å². The minimum Gasteiger partial charge on any atom is -0.389 e. The van der Waals surface area contributed by atoms with Gasteiger partial charge in [0.1, 0.15) is 0 Å². The molecule has 134 valence electrons. The van der Waals surface area contributed by atoms with E-state index in [2.05, 4.69) is 22.1 Å². The first-order valence-corrected chi connectivity index (χ1v) is 8.54. The van der Waals surface area contributed by atoms with Crippen LogP contribution in [0.3, 0.4) is 0 Å². The molecule has 0 saturated carbocycles. The molecule has 2 heterocycles. The molecule has 2 N–H and O–H groups in total. The van der Waals surface area contributed by atoms with E-state index in [1.807, 2.05) is 45.6 Å². The summed E-state index contributed by atoms with van der Waals surface area (Å²) in [6, 6.07) is 2.11. The average molecular weight is 334 g/mol. The van der Waals surface area contributed by atoms with E-state index in [-0.39, 0.29) is 12.1 Å². The van der Waals surface area contributed by atoms with Gasteiger partial charge in [0.15, 0.2) is 0 Å². The maximum atomic E-state index is 12.6. The van der Waals surface area contributed by atoms with Gasteiger partial charge in [-0.05, 0) is 53.2 Å². The number of β-amino-alcohol motifs (C(OH)–C–C–N with tert-alkyl or cyclic N) is 1. The second-order valence-corrected chi connectivity index (χ2v) is 7.55. The van der Waals surface area contributed by atoms with Crippen LogP contribution < -0.4 is 5.32 Å². The Kier molecular flexibility index (Phi) is 5.50. The first-order valence-electron chi connectivity index (χ1n) is 8.54. The van der Waals surface area contributed by atoms with Crippen LogP contribution in [0.15, 0.2) is 6.07 Å². The number of aromatic nitrogens is 1. The minimum atomic E-state index is -0.722. The van der Waals surface area contributed by atoms with Gasteiger partial charge in [-0.15, -0.1) is 0 Å². The van der Waals surface area contributed by atoms with Gasteiger partial charge in [0.25, 0.3) is 0 Å². The SMILES string of the molecule is Cc1cc(C)c(NC(=O)N2CCN(CC(C)(C)O)C(C)C2)c(C)n1. The van der Waals surface area contributed by atoms with Crippen LogP contribution in [0.5, 0.6) is 0 Å². The second-order valence-electron chi connectivity index (χ2n) is 7.55. The monoisotopic (exact) mass is 334 g/mol. The molecule has 2 rings (SSSR count). The summed E-state index contributed by atoms with van der Waals surface area (Å²) in [5, 5.41) is 13.0. The normalized spacial score (nSPS) is 19.5. The molecule has 1 aliphatic heterocycles. The molecule has 1 saturated heterocycles. The number of nitrogens with zero attached hydrogens (tertiary/aromatic N) is 3. The summed E-state index contributed by atoms with van der Waals surface area (Å²) in [4.78, 5) is 21.1. The van der Waals surface area contributed by atoms with Gasteiger partial charge in [0.2, 0.25) is 0 Å². The smallest absolute Gasteiger partial charge is 0.322 e. The van der Waals surface area contributed by atoms with Crippen molar-refractivity contribution in [1.82, 2.24) is 14.8 Å². The van der Waals surface area contributed by atoms with Crippen LogP contribution in [-0.2, 0) is 0 Å². The van der Waals surface area contributed by atoms with Gasteiger partial charge in [0.05, 0.1) is 17.0 Å². The summed E-state index contributed by atoms with van der Waals surface area (Å²) >= 11 is 0. The Morgan fingerprint density at radius 1 is 1.38 bits per heavy atom. The molecule has 0 bridgehead atoms. The van der Waals surface area contributed by atoms with Crippen molar-refractivity contribution >= 4 is 11.7 Å². The molecule has 6 nitrogen and oxygen atoms in total. The summed E-state index contributed by atoms with van der Waals surface area (Å²) < 4.78 is 0. The standard InChI is InChI=1S/C18H30N4O2/c1-12-9-13(2)19-15(4)16(12)20-17(23)21-7-8-22(14(3)10-21)11-18(5,6)24/h9,14,24H,7-8,10-11H2,1-6H3,(H,20,23). The van der Waals surface area contributed by atoms with Crippen LogP contribution in [0.1, 0.15) is 37.7 Å². The predicted molar refractivity (Wildman–Crippen MR) is 96.4 cm³/mol. The Morgan fingerprint density at radius 2 is 2.04 bits per heavy atom. The number of hydrogen-bond acceptors (Lipinski definition) is 4. The Labute approximate surface area is 144 Å². The zero-order valence-corrected chi connectivity index (χ0v) is 15.7. The molecule has 1 atom stereocenters. The summed E-state index contributed by atoms with van der Waals surface area (Å²) in [7, 11) is 0. The predicted octanol–water partition coefficient (Wildman–Crippen LogP) is 2.32. The number of pyridine rings is 1. The Balaban J connectivity index is 2.00. The number of rotatable bonds is 3. The largest absolute Gasteiger partial charge is 0.389 e. The minimum absolute atomic E-state index is 0.0818. The first kappa shape index (κ1) is 18.7. The lowest BCUT2D eigenvalue weighted by molar-refractivity contribution is 0.00376. The molecule has 1 fully saturated rings. The number of anilines is 1. The maximum Gasteiger partial charge on any atom is 0.322 e. The molecule has 2 amide bonds. The molecule has 1 unspecified atom stereocenters. The molecule has 24 heavy (non-hydrogen) atoms. The van der Waals surface area contributed by atoms with E-state index in [0.717, 1.165) is 29.2 Å². The van der Waals surface area contributed by atoms with Crippen molar-refractivity contribution in [3.63, 3.8) is 0 Å². The van der Waals surface area contributed by atoms with E-state index >= 15 is 0 Å². The molecular formula is C18H30N4O2. The van der Waals surface area contributed by atoms with Crippen LogP contribution in [-0.4, -0.2) is 63.7 Å². The van der Waals surface area contributed by atoms with Gasteiger partial charge in [-0.3, -0.25) is 9.88 Å². The number of nitrogens with one attached hydrogen (secondary N) is 1. The number of carbonyl (C=O) groups is 1. The van der Waals surface area contributed by atoms with Gasteiger partial charge >= 0.3 is 6.03 Å². The lowest BCUT2D eigenvalue weighted by Gasteiger charge is -2.42. The maximum absolute atomic E-state index is 12.6. The summed E-state index contributed by atoms with van der Waals surface area (Å²) in [6.45, 7) is 14.3. The van der Waals surface area contributed by atoms with Crippen LogP contribution in [0.25, 0.3) is 0 Å². The number of aliphatic hydroxyl groups is 1. The van der Waals surface area contributed by atoms with Crippen LogP contribution in [0, 0.1) is 20.8 Å². The van der Waals surface area contributed by atoms with Gasteiger partial charge in [-0.25, -0.2) is 4.79 Å². The van der Waals surface area contributed by atoms with E-state index in [1.165, 1.54) is 0 Å². The third-order valence-electron chi connectivity index (χ3n) is 4.40. The number of carbonyl (C=O) groups excluding carboxylic acids is 1. The second kappa shape index (κ2) is 7.07. The zero-order chi connectivity index (χ0) is 18.1. The first-order chi connectivity index (χ1) is 11.1. The van der Waals surface area contributed by atoms with E-state index in [9.17, 15) is 9.90 Å². The number of aryl methyl sites for hydroxylation is 3. The molecule has 1 aromatic rings. The third-order valence-corrected chi connectivity index (χ3v) is 4.40. The molecule has 0 spiro atoms. The zero-order valence-electron chi connectivity index (χ0n) is 15.7. The van der Waals surface area contributed by atoms with E-state index < -0.39 is 5.60 Å². The van der Waals surface area contributed by atoms with Crippen molar-refractivity contribution in [2.75, 3.05) is 31.5 Å². The van der Waals surface area contributed by atoms with E-state index in [4.69, 9.17) is 0 Å². The van der Waals surface area contributed by atoms with Crippen LogP contribution in [0.4, 0.5) is 10.5 Å². The molecule has 0 radical (unpaired) electrons. The Morgan fingerprint density at radius 3 is 2.58 bits per heavy atom. The van der Waals surface area contributed by atoms with Gasteiger partial charge in [0, 0.05) is 37.9 Å². The fraction of sp³-hybridized carbons (Fsp3) is 0.667. The highest BCUT2D eigenvalue weighted by Gasteiger charge is 2.30. The van der Waals surface area contributed by atoms with Crippen molar-refractivity contribution in [2.45, 2.75) is 53.2 Å². The molecular weight excluding hydrogens is 304 g/mol. The summed E-state index contributed by atoms with van der Waals surface area (Å²) in [6.07, 6.45) is 0. The fourth-order valence-corrected chi connectivity index (χ4v) is 3.31. The van der Waals surface area contributed by atoms with Gasteiger partial charge in [-0.2, -0.15) is 0 Å². The summed E-state index contributed by atoms with van der Waals surface area (Å²) in [5.41, 5.74) is 2.91. The van der Waals surface area contributed by atoms with Crippen molar-refractivity contribution in [2.24, 2.45) is 0 Å². The van der Waals surface area contributed by atoms with Crippen LogP contribution in [0.2, 0.25) is 0 Å². The third kappa shape index (κ3) is 4.68. The van der Waals surface area contributed by atoms with Crippen molar-refractivity contribution in [3.05, 3.63) is 23.0 Å². The number of urea groups is 1. The van der Waals surface area contributed by atoms with Crippen molar-refractivity contribution in [1.29, 1.82) is 0 Å². The molecule has 1 aliphatic rings. The fourth-order valence-electron chi connectivity index (χ4n) is 3.31. The highest BCUT2D eigenvalue weighted by molar-refractivity contribution is 5.90. The highest BCUT2D eigenvalue weighted by atomic mass is 16.3. The number of amides is 2. The molecule has 0 aromatic carbocycles. The van der Waals surface area contributed by atoms with Gasteiger partial charge in [-0.1, -0.05) is 0 Å². The molecule has 6 heteroatoms. The molecule has 1 aromatic heterocycles. The Hall–Kier alpha value is -1.66. The Bertz CT molecular complexity index is 587. The van der Waals surface area contributed by atoms with E-state index in [1.54, 1.807) is 0 Å². The number of hydrogen-bond donors (Lipinski definition) is 2. The van der Waals surface area contributed by atoms with Crippen molar-refractivity contribution < 1.29 is 9.90 Å². The quantitative estimate of drug-likeness (QED) is 0.890. The highest BCUT2D eigenvalue weighted by Crippen LogP contribution is 2.21. The van der Waals surface area contributed by atoms with E-state index in [0.29, 0.717) is 19.6 Å². The van der Waals surface area contributed by atoms with Crippen LogP contribution >= 0.6 is 0 Å². The lowest BCUT2D eigenvalue weighted by Crippen LogP contribution is -2.57. The summed E-state index contributed by atoms with van der Waals surface area (Å²) in [5.74, 6) is 0. The molecule has 0 aliphatic carbocycles.